The minimum atomic E-state index is -0.224. The van der Waals surface area contributed by atoms with E-state index in [0.29, 0.717) is 10.9 Å². The van der Waals surface area contributed by atoms with Gasteiger partial charge in [-0.05, 0) is 37.2 Å². The summed E-state index contributed by atoms with van der Waals surface area (Å²) in [5.74, 6) is -0.149. The third-order valence-corrected chi connectivity index (χ3v) is 4.48. The van der Waals surface area contributed by atoms with E-state index in [1.807, 2.05) is 6.07 Å². The van der Waals surface area contributed by atoms with Crippen LogP contribution in [-0.4, -0.2) is 21.5 Å². The van der Waals surface area contributed by atoms with Crippen LogP contribution in [0, 0.1) is 4.77 Å². The van der Waals surface area contributed by atoms with Gasteiger partial charge in [0, 0.05) is 6.04 Å². The van der Waals surface area contributed by atoms with Crippen molar-refractivity contribution in [3.63, 3.8) is 0 Å². The third-order valence-electron chi connectivity index (χ3n) is 4.16. The van der Waals surface area contributed by atoms with Crippen molar-refractivity contribution in [3.05, 3.63) is 39.4 Å². The Morgan fingerprint density at radius 1 is 1.27 bits per heavy atom. The van der Waals surface area contributed by atoms with Crippen molar-refractivity contribution in [3.8, 4) is 0 Å². The SMILES string of the molecule is O=C(Cn1c(=S)[nH]c2ccccc2c1=O)NC1CCCCC1. The number of nitrogens with one attached hydrogen (secondary N) is 2. The number of H-pyrrole nitrogens is 1. The molecule has 6 heteroatoms. The minimum absolute atomic E-state index is 0.0322. The monoisotopic (exact) mass is 317 g/mol. The molecule has 0 unspecified atom stereocenters. The number of aromatic amines is 1. The molecule has 1 fully saturated rings. The van der Waals surface area contributed by atoms with E-state index in [1.54, 1.807) is 18.2 Å². The van der Waals surface area contributed by atoms with Crippen molar-refractivity contribution in [2.75, 3.05) is 0 Å². The molecule has 22 heavy (non-hydrogen) atoms. The maximum absolute atomic E-state index is 12.5. The molecule has 116 valence electrons. The summed E-state index contributed by atoms with van der Waals surface area (Å²) in [6, 6.07) is 7.41. The van der Waals surface area contributed by atoms with Crippen molar-refractivity contribution >= 4 is 29.0 Å². The molecule has 1 aromatic heterocycles. The molecular formula is C16H19N3O2S. The molecular weight excluding hydrogens is 298 g/mol. The Balaban J connectivity index is 1.82. The molecule has 2 N–H and O–H groups in total. The van der Waals surface area contributed by atoms with E-state index in [1.165, 1.54) is 11.0 Å². The Morgan fingerprint density at radius 3 is 2.77 bits per heavy atom. The zero-order valence-electron chi connectivity index (χ0n) is 12.3. The second kappa shape index (κ2) is 6.44. The van der Waals surface area contributed by atoms with E-state index < -0.39 is 0 Å². The smallest absolute Gasteiger partial charge is 0.262 e. The van der Waals surface area contributed by atoms with Gasteiger partial charge < -0.3 is 10.3 Å². The average molecular weight is 317 g/mol. The second-order valence-electron chi connectivity index (χ2n) is 5.77. The molecule has 1 aromatic carbocycles. The number of carbonyl (C=O) groups is 1. The van der Waals surface area contributed by atoms with Crippen LogP contribution in [0.2, 0.25) is 0 Å². The van der Waals surface area contributed by atoms with Crippen LogP contribution in [0.1, 0.15) is 32.1 Å². The van der Waals surface area contributed by atoms with Gasteiger partial charge in [-0.1, -0.05) is 31.4 Å². The Labute approximate surface area is 133 Å². The first-order valence-electron chi connectivity index (χ1n) is 7.66. The van der Waals surface area contributed by atoms with Gasteiger partial charge >= 0.3 is 0 Å². The summed E-state index contributed by atoms with van der Waals surface area (Å²) >= 11 is 5.22. The Bertz CT molecular complexity index is 803. The molecule has 0 atom stereocenters. The van der Waals surface area contributed by atoms with Crippen LogP contribution in [0.3, 0.4) is 0 Å². The van der Waals surface area contributed by atoms with Crippen LogP contribution in [0.25, 0.3) is 10.9 Å². The van der Waals surface area contributed by atoms with Gasteiger partial charge in [0.05, 0.1) is 10.9 Å². The summed E-state index contributed by atoms with van der Waals surface area (Å²) in [4.78, 5) is 27.7. The maximum Gasteiger partial charge on any atom is 0.262 e. The van der Waals surface area contributed by atoms with E-state index >= 15 is 0 Å². The molecule has 0 spiro atoms. The van der Waals surface area contributed by atoms with Crippen molar-refractivity contribution in [1.29, 1.82) is 0 Å². The number of hydrogen-bond acceptors (Lipinski definition) is 3. The van der Waals surface area contributed by atoms with E-state index in [-0.39, 0.29) is 28.8 Å². The topological polar surface area (TPSA) is 66.9 Å². The fourth-order valence-corrected chi connectivity index (χ4v) is 3.26. The van der Waals surface area contributed by atoms with Crippen molar-refractivity contribution in [2.45, 2.75) is 44.7 Å². The highest BCUT2D eigenvalue weighted by Gasteiger charge is 2.16. The standard InChI is InChI=1S/C16H19N3O2S/c20-14(17-11-6-2-1-3-7-11)10-19-15(21)12-8-4-5-9-13(12)18-16(19)22/h4-5,8-9,11H,1-3,6-7,10H2,(H,17,20)(H,18,22). The zero-order chi connectivity index (χ0) is 15.5. The molecule has 0 aliphatic heterocycles. The first kappa shape index (κ1) is 15.0. The fourth-order valence-electron chi connectivity index (χ4n) is 3.01. The lowest BCUT2D eigenvalue weighted by Gasteiger charge is -2.22. The van der Waals surface area contributed by atoms with Gasteiger partial charge in [-0.25, -0.2) is 0 Å². The van der Waals surface area contributed by atoms with E-state index in [4.69, 9.17) is 12.2 Å². The summed E-state index contributed by atoms with van der Waals surface area (Å²) in [7, 11) is 0. The molecule has 1 amide bonds. The van der Waals surface area contributed by atoms with Crippen molar-refractivity contribution in [1.82, 2.24) is 14.9 Å². The molecule has 0 radical (unpaired) electrons. The van der Waals surface area contributed by atoms with E-state index in [2.05, 4.69) is 10.3 Å². The predicted octanol–water partition coefficient (Wildman–Crippen LogP) is 2.51. The number of nitrogens with zero attached hydrogens (tertiary/aromatic N) is 1. The number of benzene rings is 1. The maximum atomic E-state index is 12.5. The number of hydrogen-bond donors (Lipinski definition) is 2. The van der Waals surface area contributed by atoms with Crippen LogP contribution in [0.15, 0.2) is 29.1 Å². The molecule has 2 aromatic rings. The number of fused-ring (bicyclic) bond motifs is 1. The Morgan fingerprint density at radius 2 is 2.00 bits per heavy atom. The van der Waals surface area contributed by atoms with Crippen LogP contribution in [-0.2, 0) is 11.3 Å². The molecule has 1 saturated carbocycles. The van der Waals surface area contributed by atoms with Crippen LogP contribution in [0.5, 0.6) is 0 Å². The second-order valence-corrected chi connectivity index (χ2v) is 6.16. The summed E-state index contributed by atoms with van der Waals surface area (Å²) in [5.41, 5.74) is 0.472. The summed E-state index contributed by atoms with van der Waals surface area (Å²) in [6.07, 6.45) is 5.58. The first-order valence-corrected chi connectivity index (χ1v) is 8.07. The molecule has 0 bridgehead atoms. The highest BCUT2D eigenvalue weighted by Crippen LogP contribution is 2.17. The highest BCUT2D eigenvalue weighted by atomic mass is 32.1. The summed E-state index contributed by atoms with van der Waals surface area (Å²) in [5, 5.41) is 3.55. The van der Waals surface area contributed by atoms with Gasteiger partial charge in [-0.15, -0.1) is 0 Å². The molecule has 1 aliphatic rings. The van der Waals surface area contributed by atoms with Gasteiger partial charge in [0.1, 0.15) is 6.54 Å². The minimum Gasteiger partial charge on any atom is -0.352 e. The summed E-state index contributed by atoms with van der Waals surface area (Å²) in [6.45, 7) is -0.0322. The Hall–Kier alpha value is -1.95. The van der Waals surface area contributed by atoms with Crippen molar-refractivity contribution in [2.24, 2.45) is 0 Å². The van der Waals surface area contributed by atoms with Gasteiger partial charge in [0.15, 0.2) is 4.77 Å². The largest absolute Gasteiger partial charge is 0.352 e. The number of aromatic nitrogens is 2. The van der Waals surface area contributed by atoms with E-state index in [9.17, 15) is 9.59 Å². The van der Waals surface area contributed by atoms with Crippen molar-refractivity contribution < 1.29 is 4.79 Å². The molecule has 0 saturated heterocycles. The average Bonchev–Trinajstić information content (AvgIpc) is 2.52. The van der Waals surface area contributed by atoms with Gasteiger partial charge in [-0.3, -0.25) is 14.2 Å². The number of carbonyl (C=O) groups excluding carboxylic acids is 1. The lowest BCUT2D eigenvalue weighted by molar-refractivity contribution is -0.122. The third kappa shape index (κ3) is 3.11. The molecule has 1 heterocycles. The quantitative estimate of drug-likeness (QED) is 0.855. The predicted molar refractivity (Wildman–Crippen MR) is 88.4 cm³/mol. The van der Waals surface area contributed by atoms with E-state index in [0.717, 1.165) is 25.7 Å². The van der Waals surface area contributed by atoms with Gasteiger partial charge in [-0.2, -0.15) is 0 Å². The normalized spacial score (nSPS) is 15.8. The van der Waals surface area contributed by atoms with Crippen LogP contribution < -0.4 is 10.9 Å². The van der Waals surface area contributed by atoms with Crippen LogP contribution >= 0.6 is 12.2 Å². The van der Waals surface area contributed by atoms with Gasteiger partial charge in [0.25, 0.3) is 5.56 Å². The molecule has 5 nitrogen and oxygen atoms in total. The first-order chi connectivity index (χ1) is 10.6. The fraction of sp³-hybridized carbons (Fsp3) is 0.438. The lowest BCUT2D eigenvalue weighted by atomic mass is 9.95. The molecule has 3 rings (SSSR count). The number of para-hydroxylation sites is 1. The highest BCUT2D eigenvalue weighted by molar-refractivity contribution is 7.71. The summed E-state index contributed by atoms with van der Waals surface area (Å²) < 4.78 is 1.61. The van der Waals surface area contributed by atoms with Gasteiger partial charge in [0.2, 0.25) is 5.91 Å². The number of amides is 1. The van der Waals surface area contributed by atoms with Crippen LogP contribution in [0.4, 0.5) is 0 Å². The lowest BCUT2D eigenvalue weighted by Crippen LogP contribution is -2.40. The zero-order valence-corrected chi connectivity index (χ0v) is 13.1. The molecule has 1 aliphatic carbocycles. The number of rotatable bonds is 3. The Kier molecular flexibility index (Phi) is 4.38.